The summed E-state index contributed by atoms with van der Waals surface area (Å²) in [5, 5.41) is 0. The van der Waals surface area contributed by atoms with E-state index in [-0.39, 0.29) is 0 Å². The molecule has 0 atom stereocenters. The summed E-state index contributed by atoms with van der Waals surface area (Å²) in [5.41, 5.74) is 2.74. The van der Waals surface area contributed by atoms with E-state index in [1.807, 2.05) is 24.3 Å². The summed E-state index contributed by atoms with van der Waals surface area (Å²) < 4.78 is 11.0. The molecule has 0 aliphatic rings. The molecule has 0 amide bonds. The third-order valence-electron chi connectivity index (χ3n) is 2.56. The highest BCUT2D eigenvalue weighted by Gasteiger charge is 2.11. The lowest BCUT2D eigenvalue weighted by molar-refractivity contribution is 0.415. The second-order valence-corrected chi connectivity index (χ2v) is 4.30. The molecule has 0 fully saturated rings. The minimum absolute atomic E-state index is 0.670. The molecule has 0 aliphatic heterocycles. The Morgan fingerprint density at radius 3 is 2.94 bits per heavy atom. The lowest BCUT2D eigenvalue weighted by Gasteiger charge is -1.96. The maximum absolute atomic E-state index is 5.19. The topological polar surface area (TPSA) is 51.1 Å². The summed E-state index contributed by atoms with van der Waals surface area (Å²) in [6.45, 7) is 0. The molecule has 5 heteroatoms. The average molecular weight is 293 g/mol. The third-order valence-corrected chi connectivity index (χ3v) is 3.18. The number of hydrogen-bond acceptors (Lipinski definition) is 3. The van der Waals surface area contributed by atoms with Gasteiger partial charge >= 0.3 is 0 Å². The van der Waals surface area contributed by atoms with Gasteiger partial charge in [0, 0.05) is 6.07 Å². The molecule has 4 nitrogen and oxygen atoms in total. The van der Waals surface area contributed by atoms with Gasteiger partial charge in [-0.25, -0.2) is 4.98 Å². The highest BCUT2D eigenvalue weighted by molar-refractivity contribution is 9.10. The van der Waals surface area contributed by atoms with E-state index in [0.717, 1.165) is 28.2 Å². The summed E-state index contributed by atoms with van der Waals surface area (Å²) in [5.74, 6) is 1.58. The van der Waals surface area contributed by atoms with Crippen molar-refractivity contribution in [2.75, 3.05) is 7.11 Å². The van der Waals surface area contributed by atoms with Crippen LogP contribution < -0.4 is 4.74 Å². The molecule has 3 aromatic rings. The molecule has 0 aliphatic carbocycles. The van der Waals surface area contributed by atoms with E-state index in [1.165, 1.54) is 0 Å². The van der Waals surface area contributed by atoms with Crippen LogP contribution in [0.25, 0.3) is 22.4 Å². The molecule has 0 radical (unpaired) electrons. The monoisotopic (exact) mass is 292 g/mol. The average Bonchev–Trinajstić information content (AvgIpc) is 2.93. The van der Waals surface area contributed by atoms with Gasteiger partial charge in [0.05, 0.1) is 30.0 Å². The van der Waals surface area contributed by atoms with E-state index < -0.39 is 0 Å². The summed E-state index contributed by atoms with van der Waals surface area (Å²) in [6, 6.07) is 7.58. The molecule has 2 aromatic heterocycles. The van der Waals surface area contributed by atoms with Gasteiger partial charge in [0.1, 0.15) is 11.6 Å². The fourth-order valence-electron chi connectivity index (χ4n) is 1.71. The Morgan fingerprint density at radius 1 is 1.35 bits per heavy atom. The van der Waals surface area contributed by atoms with Gasteiger partial charge in [0.15, 0.2) is 4.67 Å². The number of aromatic amines is 1. The molecule has 1 N–H and O–H groups in total. The van der Waals surface area contributed by atoms with Gasteiger partial charge in [-0.05, 0) is 34.1 Å². The van der Waals surface area contributed by atoms with Gasteiger partial charge < -0.3 is 14.1 Å². The number of furan rings is 1. The molecular formula is C12H9BrN2O2. The molecule has 3 rings (SSSR count). The van der Waals surface area contributed by atoms with E-state index in [4.69, 9.17) is 9.15 Å². The van der Waals surface area contributed by atoms with Crippen molar-refractivity contribution in [1.82, 2.24) is 9.97 Å². The van der Waals surface area contributed by atoms with Gasteiger partial charge in [-0.2, -0.15) is 0 Å². The summed E-state index contributed by atoms with van der Waals surface area (Å²) in [6.07, 6.45) is 1.62. The van der Waals surface area contributed by atoms with Crippen LogP contribution in [0.1, 0.15) is 0 Å². The number of nitrogens with one attached hydrogen (secondary N) is 1. The molecule has 0 spiro atoms. The maximum Gasteiger partial charge on any atom is 0.179 e. The zero-order valence-electron chi connectivity index (χ0n) is 9.03. The molecule has 1 aromatic carbocycles. The van der Waals surface area contributed by atoms with Crippen molar-refractivity contribution in [1.29, 1.82) is 0 Å². The summed E-state index contributed by atoms with van der Waals surface area (Å²) >= 11 is 3.34. The van der Waals surface area contributed by atoms with E-state index >= 15 is 0 Å². The number of benzene rings is 1. The second kappa shape index (κ2) is 3.92. The lowest BCUT2D eigenvalue weighted by atomic mass is 10.3. The zero-order chi connectivity index (χ0) is 11.8. The first-order valence-electron chi connectivity index (χ1n) is 5.05. The van der Waals surface area contributed by atoms with Crippen LogP contribution in [-0.4, -0.2) is 17.1 Å². The van der Waals surface area contributed by atoms with Gasteiger partial charge in [-0.3, -0.25) is 0 Å². The van der Waals surface area contributed by atoms with Gasteiger partial charge in [-0.15, -0.1) is 0 Å². The number of methoxy groups -OCH3 is 1. The van der Waals surface area contributed by atoms with Crippen molar-refractivity contribution in [3.05, 3.63) is 35.2 Å². The van der Waals surface area contributed by atoms with Crippen LogP contribution in [0.3, 0.4) is 0 Å². The predicted molar refractivity (Wildman–Crippen MR) is 68.0 cm³/mol. The first-order valence-corrected chi connectivity index (χ1v) is 5.84. The van der Waals surface area contributed by atoms with Crippen molar-refractivity contribution in [3.63, 3.8) is 0 Å². The molecule has 86 valence electrons. The van der Waals surface area contributed by atoms with Crippen LogP contribution in [-0.2, 0) is 0 Å². The quantitative estimate of drug-likeness (QED) is 0.785. The Bertz CT molecular complexity index is 672. The Morgan fingerprint density at radius 2 is 2.24 bits per heavy atom. The molecule has 2 heterocycles. The van der Waals surface area contributed by atoms with E-state index in [0.29, 0.717) is 4.67 Å². The molecule has 0 bridgehead atoms. The molecule has 17 heavy (non-hydrogen) atoms. The van der Waals surface area contributed by atoms with Crippen molar-refractivity contribution in [2.45, 2.75) is 0 Å². The molecule has 0 saturated heterocycles. The highest BCUT2D eigenvalue weighted by Crippen LogP contribution is 2.29. The molecular weight excluding hydrogens is 284 g/mol. The normalized spacial score (nSPS) is 10.9. The van der Waals surface area contributed by atoms with Crippen molar-refractivity contribution in [3.8, 4) is 17.1 Å². The largest absolute Gasteiger partial charge is 0.497 e. The SMILES string of the molecule is COc1ccc2nc(-c3ccoc3Br)[nH]c2c1. The first-order chi connectivity index (χ1) is 8.28. The fourth-order valence-corrected chi connectivity index (χ4v) is 2.13. The highest BCUT2D eigenvalue weighted by atomic mass is 79.9. The van der Waals surface area contributed by atoms with Crippen molar-refractivity contribution >= 4 is 27.0 Å². The Balaban J connectivity index is 2.17. The van der Waals surface area contributed by atoms with E-state index in [1.54, 1.807) is 13.4 Å². The Hall–Kier alpha value is -1.75. The van der Waals surface area contributed by atoms with Crippen LogP contribution in [0, 0.1) is 0 Å². The fraction of sp³-hybridized carbons (Fsp3) is 0.0833. The zero-order valence-corrected chi connectivity index (χ0v) is 10.6. The molecule has 0 saturated carbocycles. The minimum atomic E-state index is 0.670. The summed E-state index contributed by atoms with van der Waals surface area (Å²) in [7, 11) is 1.64. The van der Waals surface area contributed by atoms with Crippen LogP contribution >= 0.6 is 15.9 Å². The number of ether oxygens (including phenoxy) is 1. The number of H-pyrrole nitrogens is 1. The smallest absolute Gasteiger partial charge is 0.179 e. The Labute approximate surface area is 106 Å². The van der Waals surface area contributed by atoms with E-state index in [9.17, 15) is 0 Å². The summed E-state index contributed by atoms with van der Waals surface area (Å²) in [4.78, 5) is 7.72. The first kappa shape index (κ1) is 10.4. The van der Waals surface area contributed by atoms with Crippen LogP contribution in [0.15, 0.2) is 39.6 Å². The standard InChI is InChI=1S/C12H9BrN2O2/c1-16-7-2-3-9-10(6-7)15-12(14-9)8-4-5-17-11(8)13/h2-6H,1H3,(H,14,15). The van der Waals surface area contributed by atoms with Crippen LogP contribution in [0.5, 0.6) is 5.75 Å². The lowest BCUT2D eigenvalue weighted by Crippen LogP contribution is -1.81. The number of fused-ring (bicyclic) bond motifs is 1. The third kappa shape index (κ3) is 1.72. The number of rotatable bonds is 2. The van der Waals surface area contributed by atoms with Gasteiger partial charge in [0.2, 0.25) is 0 Å². The Kier molecular flexibility index (Phi) is 2.40. The van der Waals surface area contributed by atoms with E-state index in [2.05, 4.69) is 25.9 Å². The number of imidazole rings is 1. The second-order valence-electron chi connectivity index (χ2n) is 3.58. The van der Waals surface area contributed by atoms with Crippen LogP contribution in [0.2, 0.25) is 0 Å². The number of aromatic nitrogens is 2. The predicted octanol–water partition coefficient (Wildman–Crippen LogP) is 3.59. The van der Waals surface area contributed by atoms with Crippen molar-refractivity contribution in [2.24, 2.45) is 0 Å². The van der Waals surface area contributed by atoms with Gasteiger partial charge in [0.25, 0.3) is 0 Å². The number of nitrogens with zero attached hydrogens (tertiary/aromatic N) is 1. The molecule has 0 unspecified atom stereocenters. The maximum atomic E-state index is 5.19. The van der Waals surface area contributed by atoms with Crippen molar-refractivity contribution < 1.29 is 9.15 Å². The van der Waals surface area contributed by atoms with Crippen LogP contribution in [0.4, 0.5) is 0 Å². The number of halogens is 1. The number of hydrogen-bond donors (Lipinski definition) is 1. The minimum Gasteiger partial charge on any atom is -0.497 e. The van der Waals surface area contributed by atoms with Gasteiger partial charge in [-0.1, -0.05) is 0 Å².